The number of aliphatic imine (C=N–C) groups is 1. The summed E-state index contributed by atoms with van der Waals surface area (Å²) in [7, 11) is 0. The van der Waals surface area contributed by atoms with Gasteiger partial charge in [-0.1, -0.05) is 54.6 Å². The van der Waals surface area contributed by atoms with Crippen molar-refractivity contribution in [2.45, 2.75) is 26.7 Å². The van der Waals surface area contributed by atoms with Crippen LogP contribution in [0.3, 0.4) is 0 Å². The summed E-state index contributed by atoms with van der Waals surface area (Å²) in [5.74, 6) is 0.877. The van der Waals surface area contributed by atoms with E-state index in [2.05, 4.69) is 53.7 Å². The van der Waals surface area contributed by atoms with Crippen LogP contribution in [-0.4, -0.2) is 32.1 Å². The van der Waals surface area contributed by atoms with E-state index in [1.54, 1.807) is 6.20 Å². The number of carbonyl (C=O) groups excluding carboxylic acids is 1. The summed E-state index contributed by atoms with van der Waals surface area (Å²) in [6.45, 7) is 4.75. The number of aromatic nitrogens is 2. The minimum Gasteiger partial charge on any atom is -0.303 e. The fraction of sp³-hybridized carbons (Fsp3) is 0.167. The Balaban J connectivity index is 1.43. The van der Waals surface area contributed by atoms with Crippen molar-refractivity contribution in [3.63, 3.8) is 0 Å². The van der Waals surface area contributed by atoms with E-state index in [1.165, 1.54) is 17.3 Å². The van der Waals surface area contributed by atoms with Crippen LogP contribution in [0.4, 0.5) is 5.69 Å². The van der Waals surface area contributed by atoms with Gasteiger partial charge in [0, 0.05) is 24.1 Å². The third-order valence-electron chi connectivity index (χ3n) is 6.19. The third-order valence-corrected chi connectivity index (χ3v) is 7.20. The zero-order chi connectivity index (χ0) is 24.9. The average Bonchev–Trinajstić information content (AvgIpc) is 3.35. The number of thioether (sulfide) groups is 1. The van der Waals surface area contributed by atoms with E-state index >= 15 is 0 Å². The molecule has 2 aromatic heterocycles. The van der Waals surface area contributed by atoms with Crippen molar-refractivity contribution in [1.29, 1.82) is 0 Å². The SMILES string of the molecule is Cc1cc(/C=C2\SC(=Nc3ccccc3)N(CCCc3ccccc3)C2=O)c(C)n1-c1ccccn1. The van der Waals surface area contributed by atoms with Crippen molar-refractivity contribution >= 4 is 34.6 Å². The highest BCUT2D eigenvalue weighted by atomic mass is 32.2. The average molecular weight is 493 g/mol. The van der Waals surface area contributed by atoms with Gasteiger partial charge in [-0.15, -0.1) is 0 Å². The van der Waals surface area contributed by atoms with Gasteiger partial charge < -0.3 is 4.57 Å². The van der Waals surface area contributed by atoms with Crippen LogP contribution < -0.4 is 0 Å². The first-order valence-electron chi connectivity index (χ1n) is 12.1. The summed E-state index contributed by atoms with van der Waals surface area (Å²) in [5.41, 5.74) is 5.26. The van der Waals surface area contributed by atoms with E-state index in [4.69, 9.17) is 4.99 Å². The number of aryl methyl sites for hydroxylation is 2. The molecule has 1 fully saturated rings. The molecule has 0 aliphatic carbocycles. The molecule has 3 heterocycles. The number of carbonyl (C=O) groups is 1. The second-order valence-electron chi connectivity index (χ2n) is 8.74. The number of benzene rings is 2. The van der Waals surface area contributed by atoms with Gasteiger partial charge in [-0.2, -0.15) is 0 Å². The molecule has 0 atom stereocenters. The quantitative estimate of drug-likeness (QED) is 0.269. The van der Waals surface area contributed by atoms with E-state index in [0.29, 0.717) is 11.4 Å². The fourth-order valence-corrected chi connectivity index (χ4v) is 5.42. The molecule has 180 valence electrons. The van der Waals surface area contributed by atoms with Gasteiger partial charge >= 0.3 is 0 Å². The number of nitrogens with zero attached hydrogens (tertiary/aromatic N) is 4. The van der Waals surface area contributed by atoms with E-state index in [1.807, 2.05) is 65.6 Å². The molecule has 36 heavy (non-hydrogen) atoms. The molecule has 0 radical (unpaired) electrons. The molecule has 5 rings (SSSR count). The topological polar surface area (TPSA) is 50.5 Å². The molecule has 0 bridgehead atoms. The second-order valence-corrected chi connectivity index (χ2v) is 9.75. The Labute approximate surface area is 216 Å². The second kappa shape index (κ2) is 10.8. The van der Waals surface area contributed by atoms with E-state index in [9.17, 15) is 4.79 Å². The predicted octanol–water partition coefficient (Wildman–Crippen LogP) is 6.73. The highest BCUT2D eigenvalue weighted by Crippen LogP contribution is 2.35. The Morgan fingerprint density at radius 1 is 0.944 bits per heavy atom. The molecular formula is C30H28N4OS. The van der Waals surface area contributed by atoms with E-state index in [0.717, 1.165) is 46.5 Å². The molecule has 2 aromatic carbocycles. The number of amidine groups is 1. The van der Waals surface area contributed by atoms with Crippen molar-refractivity contribution in [2.75, 3.05) is 6.54 Å². The fourth-order valence-electron chi connectivity index (χ4n) is 4.40. The Morgan fingerprint density at radius 2 is 1.67 bits per heavy atom. The Morgan fingerprint density at radius 3 is 2.39 bits per heavy atom. The monoisotopic (exact) mass is 492 g/mol. The maximum atomic E-state index is 13.6. The van der Waals surface area contributed by atoms with Crippen molar-refractivity contribution in [1.82, 2.24) is 14.5 Å². The molecule has 5 nitrogen and oxygen atoms in total. The van der Waals surface area contributed by atoms with Crippen molar-refractivity contribution in [3.8, 4) is 5.82 Å². The van der Waals surface area contributed by atoms with Crippen LogP contribution >= 0.6 is 11.8 Å². The molecule has 0 saturated carbocycles. The lowest BCUT2D eigenvalue weighted by molar-refractivity contribution is -0.122. The summed E-state index contributed by atoms with van der Waals surface area (Å²) >= 11 is 1.45. The van der Waals surface area contributed by atoms with E-state index < -0.39 is 0 Å². The minimum absolute atomic E-state index is 0.00498. The lowest BCUT2D eigenvalue weighted by Gasteiger charge is -2.15. The Kier molecular flexibility index (Phi) is 7.14. The lowest BCUT2D eigenvalue weighted by atomic mass is 10.1. The highest BCUT2D eigenvalue weighted by Gasteiger charge is 2.33. The summed E-state index contributed by atoms with van der Waals surface area (Å²) in [4.78, 5) is 25.4. The summed E-state index contributed by atoms with van der Waals surface area (Å²) < 4.78 is 2.12. The van der Waals surface area contributed by atoms with Gasteiger partial charge in [-0.25, -0.2) is 9.98 Å². The van der Waals surface area contributed by atoms with Gasteiger partial charge in [0.15, 0.2) is 5.17 Å². The Bertz CT molecular complexity index is 1410. The third kappa shape index (κ3) is 5.19. The predicted molar refractivity (Wildman–Crippen MR) is 149 cm³/mol. The standard InChI is InChI=1S/C30H28N4OS/c1-22-20-25(23(2)34(22)28-17-9-10-18-31-28)21-27-29(35)33(19-11-14-24-12-5-3-6-13-24)30(36-27)32-26-15-7-4-8-16-26/h3-10,12-13,15-18,20-21H,11,14,19H2,1-2H3/b27-21-,32-30?. The molecule has 1 saturated heterocycles. The van der Waals surface area contributed by atoms with Crippen molar-refractivity contribution < 1.29 is 4.79 Å². The number of hydrogen-bond acceptors (Lipinski definition) is 4. The molecule has 1 aliphatic heterocycles. The molecular weight excluding hydrogens is 464 g/mol. The van der Waals surface area contributed by atoms with E-state index in [-0.39, 0.29) is 5.91 Å². The zero-order valence-electron chi connectivity index (χ0n) is 20.5. The lowest BCUT2D eigenvalue weighted by Crippen LogP contribution is -2.30. The maximum absolute atomic E-state index is 13.6. The normalized spacial score (nSPS) is 15.8. The van der Waals surface area contributed by atoms with Crippen LogP contribution in [0, 0.1) is 13.8 Å². The first-order chi connectivity index (χ1) is 17.6. The van der Waals surface area contributed by atoms with Gasteiger partial charge in [-0.3, -0.25) is 9.69 Å². The van der Waals surface area contributed by atoms with Crippen molar-refractivity contribution in [3.05, 3.63) is 119 Å². The van der Waals surface area contributed by atoms with Crippen LogP contribution in [0.2, 0.25) is 0 Å². The number of para-hydroxylation sites is 1. The van der Waals surface area contributed by atoms with Crippen LogP contribution in [-0.2, 0) is 11.2 Å². The smallest absolute Gasteiger partial charge is 0.266 e. The van der Waals surface area contributed by atoms with Crippen LogP contribution in [0.25, 0.3) is 11.9 Å². The molecule has 0 spiro atoms. The molecule has 4 aromatic rings. The van der Waals surface area contributed by atoms with Crippen LogP contribution in [0.15, 0.2) is 101 Å². The maximum Gasteiger partial charge on any atom is 0.266 e. The molecule has 0 N–H and O–H groups in total. The molecule has 6 heteroatoms. The number of pyridine rings is 1. The molecule has 1 amide bonds. The van der Waals surface area contributed by atoms with Crippen LogP contribution in [0.5, 0.6) is 0 Å². The number of hydrogen-bond donors (Lipinski definition) is 0. The molecule has 1 aliphatic rings. The van der Waals surface area contributed by atoms with Crippen LogP contribution in [0.1, 0.15) is 28.9 Å². The number of amides is 1. The van der Waals surface area contributed by atoms with Gasteiger partial charge in [0.2, 0.25) is 0 Å². The van der Waals surface area contributed by atoms with Crippen molar-refractivity contribution in [2.24, 2.45) is 4.99 Å². The summed E-state index contributed by atoms with van der Waals surface area (Å²) in [5, 5.41) is 0.726. The first kappa shape index (κ1) is 23.8. The largest absolute Gasteiger partial charge is 0.303 e. The van der Waals surface area contributed by atoms with Gasteiger partial charge in [0.05, 0.1) is 10.6 Å². The Hall–Kier alpha value is -3.90. The minimum atomic E-state index is 0.00498. The van der Waals surface area contributed by atoms with Gasteiger partial charge in [-0.05, 0) is 86.0 Å². The first-order valence-corrected chi connectivity index (χ1v) is 12.9. The van der Waals surface area contributed by atoms with Gasteiger partial charge in [0.1, 0.15) is 5.82 Å². The van der Waals surface area contributed by atoms with Gasteiger partial charge in [0.25, 0.3) is 5.91 Å². The zero-order valence-corrected chi connectivity index (χ0v) is 21.3. The summed E-state index contributed by atoms with van der Waals surface area (Å²) in [6.07, 6.45) is 5.57. The highest BCUT2D eigenvalue weighted by molar-refractivity contribution is 8.18. The number of rotatable bonds is 7. The summed E-state index contributed by atoms with van der Waals surface area (Å²) in [6, 6.07) is 28.2. The molecule has 0 unspecified atom stereocenters.